The number of fused-ring (bicyclic) bond motifs is 1. The molecule has 0 atom stereocenters. The summed E-state index contributed by atoms with van der Waals surface area (Å²) in [5.74, 6) is 0.624. The molecule has 0 aliphatic heterocycles. The zero-order chi connectivity index (χ0) is 14.1. The summed E-state index contributed by atoms with van der Waals surface area (Å²) >= 11 is 0. The van der Waals surface area contributed by atoms with E-state index in [4.69, 9.17) is 0 Å². The van der Waals surface area contributed by atoms with Crippen LogP contribution >= 0.6 is 0 Å². The van der Waals surface area contributed by atoms with E-state index in [-0.39, 0.29) is 0 Å². The minimum Gasteiger partial charge on any atom is -0.478 e. The molecule has 0 unspecified atom stereocenters. The molecule has 4 nitrogen and oxygen atoms in total. The highest BCUT2D eigenvalue weighted by Crippen LogP contribution is 2.32. The van der Waals surface area contributed by atoms with Crippen LogP contribution in [0.25, 0.3) is 10.9 Å². The Bertz CT molecular complexity index is 650. The summed E-state index contributed by atoms with van der Waals surface area (Å²) in [6.07, 6.45) is 2.55. The summed E-state index contributed by atoms with van der Waals surface area (Å²) in [4.78, 5) is 18.3. The number of rotatable bonds is 5. The highest BCUT2D eigenvalue weighted by atomic mass is 16.4. The van der Waals surface area contributed by atoms with Gasteiger partial charge in [-0.25, -0.2) is 9.78 Å². The molecule has 0 amide bonds. The molecule has 0 bridgehead atoms. The van der Waals surface area contributed by atoms with E-state index in [9.17, 15) is 9.90 Å². The van der Waals surface area contributed by atoms with Crippen molar-refractivity contribution in [3.05, 3.63) is 35.9 Å². The molecule has 0 saturated heterocycles. The second kappa shape index (κ2) is 5.12. The lowest BCUT2D eigenvalue weighted by Crippen LogP contribution is -2.26. The first-order valence-corrected chi connectivity index (χ1v) is 7.07. The zero-order valence-electron chi connectivity index (χ0n) is 11.5. The maximum absolute atomic E-state index is 11.5. The van der Waals surface area contributed by atoms with Crippen molar-refractivity contribution in [2.24, 2.45) is 5.92 Å². The smallest absolute Gasteiger partial charge is 0.336 e. The molecule has 1 aromatic carbocycles. The molecule has 20 heavy (non-hydrogen) atoms. The van der Waals surface area contributed by atoms with Crippen LogP contribution in [0.2, 0.25) is 0 Å². The minimum atomic E-state index is -0.896. The summed E-state index contributed by atoms with van der Waals surface area (Å²) in [6.45, 7) is 3.90. The zero-order valence-corrected chi connectivity index (χ0v) is 11.5. The average Bonchev–Trinajstić information content (AvgIpc) is 3.27. The van der Waals surface area contributed by atoms with E-state index >= 15 is 0 Å². The van der Waals surface area contributed by atoms with E-state index in [2.05, 4.69) is 16.8 Å². The number of pyridine rings is 1. The lowest BCUT2D eigenvalue weighted by molar-refractivity contribution is 0.0699. The van der Waals surface area contributed by atoms with Gasteiger partial charge < -0.3 is 10.0 Å². The number of para-hydroxylation sites is 1. The van der Waals surface area contributed by atoms with Gasteiger partial charge in [0.1, 0.15) is 5.82 Å². The molecule has 1 aliphatic rings. The SMILES string of the molecule is CCN(CC1CC1)c1cc(C(=O)O)c2ccccc2n1. The van der Waals surface area contributed by atoms with Crippen molar-refractivity contribution in [1.82, 2.24) is 4.98 Å². The van der Waals surface area contributed by atoms with Crippen molar-refractivity contribution in [2.45, 2.75) is 19.8 Å². The Balaban J connectivity index is 2.07. The van der Waals surface area contributed by atoms with Crippen LogP contribution in [0.5, 0.6) is 0 Å². The van der Waals surface area contributed by atoms with Gasteiger partial charge in [0.15, 0.2) is 0 Å². The molecule has 1 aromatic heterocycles. The molecule has 2 aromatic rings. The van der Waals surface area contributed by atoms with Gasteiger partial charge in [-0.2, -0.15) is 0 Å². The number of carbonyl (C=O) groups is 1. The number of carboxylic acids is 1. The fourth-order valence-corrected chi connectivity index (χ4v) is 2.50. The van der Waals surface area contributed by atoms with E-state index in [1.807, 2.05) is 24.3 Å². The molecule has 1 aliphatic carbocycles. The molecular formula is C16H18N2O2. The number of nitrogens with zero attached hydrogens (tertiary/aromatic N) is 2. The maximum Gasteiger partial charge on any atom is 0.336 e. The van der Waals surface area contributed by atoms with Crippen molar-refractivity contribution in [3.63, 3.8) is 0 Å². The number of carboxylic acid groups (broad SMARTS) is 1. The van der Waals surface area contributed by atoms with Crippen LogP contribution in [-0.4, -0.2) is 29.1 Å². The van der Waals surface area contributed by atoms with Crippen LogP contribution in [-0.2, 0) is 0 Å². The van der Waals surface area contributed by atoms with Gasteiger partial charge in [0.25, 0.3) is 0 Å². The third-order valence-electron chi connectivity index (χ3n) is 3.81. The quantitative estimate of drug-likeness (QED) is 0.906. The number of anilines is 1. The van der Waals surface area contributed by atoms with Crippen molar-refractivity contribution in [2.75, 3.05) is 18.0 Å². The predicted octanol–water partition coefficient (Wildman–Crippen LogP) is 3.17. The second-order valence-electron chi connectivity index (χ2n) is 5.33. The van der Waals surface area contributed by atoms with E-state index in [1.54, 1.807) is 6.07 Å². The van der Waals surface area contributed by atoms with Crippen molar-refractivity contribution in [1.29, 1.82) is 0 Å². The van der Waals surface area contributed by atoms with Crippen LogP contribution in [0.4, 0.5) is 5.82 Å². The summed E-state index contributed by atoms with van der Waals surface area (Å²) < 4.78 is 0. The number of hydrogen-bond donors (Lipinski definition) is 1. The number of aromatic nitrogens is 1. The fourth-order valence-electron chi connectivity index (χ4n) is 2.50. The largest absolute Gasteiger partial charge is 0.478 e. The van der Waals surface area contributed by atoms with Gasteiger partial charge in [0, 0.05) is 18.5 Å². The summed E-state index contributed by atoms with van der Waals surface area (Å²) in [5, 5.41) is 10.1. The topological polar surface area (TPSA) is 53.4 Å². The third kappa shape index (κ3) is 2.46. The van der Waals surface area contributed by atoms with Crippen LogP contribution in [0, 0.1) is 5.92 Å². The normalized spacial score (nSPS) is 14.4. The predicted molar refractivity (Wildman–Crippen MR) is 79.3 cm³/mol. The Hall–Kier alpha value is -2.10. The van der Waals surface area contributed by atoms with Crippen LogP contribution < -0.4 is 4.90 Å². The molecule has 4 heteroatoms. The van der Waals surface area contributed by atoms with Crippen LogP contribution in [0.15, 0.2) is 30.3 Å². The summed E-state index contributed by atoms with van der Waals surface area (Å²) in [7, 11) is 0. The first kappa shape index (κ1) is 12.9. The Labute approximate surface area is 118 Å². The molecule has 104 valence electrons. The van der Waals surface area contributed by atoms with Gasteiger partial charge in [-0.15, -0.1) is 0 Å². The summed E-state index contributed by atoms with van der Waals surface area (Å²) in [5.41, 5.74) is 1.08. The number of benzene rings is 1. The number of aromatic carboxylic acids is 1. The van der Waals surface area contributed by atoms with Gasteiger partial charge in [0.2, 0.25) is 0 Å². The molecular weight excluding hydrogens is 252 g/mol. The van der Waals surface area contributed by atoms with Gasteiger partial charge in [-0.1, -0.05) is 18.2 Å². The molecule has 3 rings (SSSR count). The Morgan fingerprint density at radius 2 is 2.15 bits per heavy atom. The first-order chi connectivity index (χ1) is 9.69. The van der Waals surface area contributed by atoms with E-state index in [0.29, 0.717) is 10.9 Å². The van der Waals surface area contributed by atoms with Gasteiger partial charge in [-0.3, -0.25) is 0 Å². The molecule has 1 N–H and O–H groups in total. The molecule has 1 heterocycles. The van der Waals surface area contributed by atoms with E-state index < -0.39 is 5.97 Å². The molecule has 0 radical (unpaired) electrons. The standard InChI is InChI=1S/C16H18N2O2/c1-2-18(10-11-7-8-11)15-9-13(16(19)20)12-5-3-4-6-14(12)17-15/h3-6,9,11H,2,7-8,10H2,1H3,(H,19,20). The highest BCUT2D eigenvalue weighted by Gasteiger charge is 2.25. The number of hydrogen-bond acceptors (Lipinski definition) is 3. The highest BCUT2D eigenvalue weighted by molar-refractivity contribution is 6.03. The minimum absolute atomic E-state index is 0.333. The summed E-state index contributed by atoms with van der Waals surface area (Å²) in [6, 6.07) is 9.12. The van der Waals surface area contributed by atoms with Crippen molar-refractivity contribution < 1.29 is 9.90 Å². The average molecular weight is 270 g/mol. The lowest BCUT2D eigenvalue weighted by atomic mass is 10.1. The first-order valence-electron chi connectivity index (χ1n) is 7.07. The van der Waals surface area contributed by atoms with Gasteiger partial charge in [-0.05, 0) is 37.8 Å². The molecule has 1 saturated carbocycles. The van der Waals surface area contributed by atoms with Crippen molar-refractivity contribution in [3.8, 4) is 0 Å². The van der Waals surface area contributed by atoms with Gasteiger partial charge in [0.05, 0.1) is 11.1 Å². The molecule has 0 spiro atoms. The van der Waals surface area contributed by atoms with Crippen molar-refractivity contribution >= 4 is 22.7 Å². The van der Waals surface area contributed by atoms with E-state index in [0.717, 1.165) is 30.3 Å². The maximum atomic E-state index is 11.5. The third-order valence-corrected chi connectivity index (χ3v) is 3.81. The second-order valence-corrected chi connectivity index (χ2v) is 5.33. The Kier molecular flexibility index (Phi) is 3.30. The Morgan fingerprint density at radius 1 is 1.40 bits per heavy atom. The fraction of sp³-hybridized carbons (Fsp3) is 0.375. The van der Waals surface area contributed by atoms with Crippen LogP contribution in [0.3, 0.4) is 0 Å². The lowest BCUT2D eigenvalue weighted by Gasteiger charge is -2.22. The van der Waals surface area contributed by atoms with E-state index in [1.165, 1.54) is 12.8 Å². The Morgan fingerprint density at radius 3 is 2.80 bits per heavy atom. The van der Waals surface area contributed by atoms with Crippen LogP contribution in [0.1, 0.15) is 30.1 Å². The molecule has 1 fully saturated rings. The van der Waals surface area contributed by atoms with Gasteiger partial charge >= 0.3 is 5.97 Å². The monoisotopic (exact) mass is 270 g/mol.